The van der Waals surface area contributed by atoms with E-state index in [4.69, 9.17) is 11.6 Å². The van der Waals surface area contributed by atoms with Gasteiger partial charge in [0, 0.05) is 28.4 Å². The molecule has 0 aliphatic carbocycles. The molecule has 6 heteroatoms. The third-order valence-electron chi connectivity index (χ3n) is 6.95. The number of hydrogen-bond donors (Lipinski definition) is 0. The summed E-state index contributed by atoms with van der Waals surface area (Å²) in [6.07, 6.45) is 5.67. The van der Waals surface area contributed by atoms with Crippen LogP contribution in [0.5, 0.6) is 0 Å². The SMILES string of the molecule is Clc1ccc(C(c2ccc3c(c2)c(-c2ccccc2)cc2nnc(-c4ccccc4)n23)n2ccnc2)cc1. The molecule has 1 atom stereocenters. The molecule has 0 spiro atoms. The lowest BCUT2D eigenvalue weighted by atomic mass is 9.94. The Kier molecular flexibility index (Phi) is 5.49. The minimum atomic E-state index is -0.0620. The number of hydrogen-bond acceptors (Lipinski definition) is 3. The van der Waals surface area contributed by atoms with E-state index in [1.807, 2.05) is 55.1 Å². The molecule has 0 fully saturated rings. The van der Waals surface area contributed by atoms with Crippen molar-refractivity contribution in [1.82, 2.24) is 24.1 Å². The van der Waals surface area contributed by atoms with Crippen LogP contribution in [0.1, 0.15) is 17.2 Å². The fourth-order valence-corrected chi connectivity index (χ4v) is 5.33. The van der Waals surface area contributed by atoms with Gasteiger partial charge in [-0.05, 0) is 52.6 Å². The Bertz CT molecular complexity index is 1860. The van der Waals surface area contributed by atoms with Gasteiger partial charge in [0.1, 0.15) is 0 Å². The maximum atomic E-state index is 6.23. The summed E-state index contributed by atoms with van der Waals surface area (Å²) in [5, 5.41) is 11.0. The lowest BCUT2D eigenvalue weighted by molar-refractivity contribution is 0.677. The molecule has 0 bridgehead atoms. The Morgan fingerprint density at radius 3 is 2.11 bits per heavy atom. The van der Waals surface area contributed by atoms with E-state index in [1.165, 1.54) is 0 Å². The van der Waals surface area contributed by atoms with Gasteiger partial charge in [0.15, 0.2) is 11.5 Å². The fourth-order valence-electron chi connectivity index (χ4n) is 5.20. The number of benzene rings is 4. The van der Waals surface area contributed by atoms with Crippen molar-refractivity contribution in [3.63, 3.8) is 0 Å². The number of fused-ring (bicyclic) bond motifs is 3. The molecule has 0 N–H and O–H groups in total. The molecule has 38 heavy (non-hydrogen) atoms. The van der Waals surface area contributed by atoms with E-state index in [0.29, 0.717) is 5.02 Å². The molecule has 7 aromatic rings. The molecular formula is C32H22ClN5. The van der Waals surface area contributed by atoms with Gasteiger partial charge in [0.25, 0.3) is 0 Å². The van der Waals surface area contributed by atoms with Gasteiger partial charge in [-0.25, -0.2) is 4.98 Å². The summed E-state index contributed by atoms with van der Waals surface area (Å²) in [5.41, 5.74) is 7.40. The highest BCUT2D eigenvalue weighted by atomic mass is 35.5. The Balaban J connectivity index is 1.52. The molecule has 0 radical (unpaired) electrons. The number of pyridine rings is 1. The Hall–Kier alpha value is -4.74. The van der Waals surface area contributed by atoms with Gasteiger partial charge in [-0.1, -0.05) is 90.5 Å². The molecule has 0 saturated heterocycles. The van der Waals surface area contributed by atoms with Crippen molar-refractivity contribution < 1.29 is 0 Å². The highest BCUT2D eigenvalue weighted by Gasteiger charge is 2.20. The van der Waals surface area contributed by atoms with Crippen LogP contribution in [-0.4, -0.2) is 24.1 Å². The van der Waals surface area contributed by atoms with Crippen molar-refractivity contribution in [2.45, 2.75) is 6.04 Å². The van der Waals surface area contributed by atoms with Crippen LogP contribution in [0.15, 0.2) is 128 Å². The predicted molar refractivity (Wildman–Crippen MR) is 152 cm³/mol. The molecule has 1 unspecified atom stereocenters. The quantitative estimate of drug-likeness (QED) is 0.238. The zero-order valence-corrected chi connectivity index (χ0v) is 21.1. The molecule has 3 heterocycles. The van der Waals surface area contributed by atoms with Crippen LogP contribution in [0.2, 0.25) is 5.02 Å². The van der Waals surface area contributed by atoms with Crippen LogP contribution in [-0.2, 0) is 0 Å². The average Bonchev–Trinajstić information content (AvgIpc) is 3.65. The molecule has 0 saturated carbocycles. The maximum absolute atomic E-state index is 6.23. The summed E-state index contributed by atoms with van der Waals surface area (Å²) in [5.74, 6) is 0.821. The van der Waals surface area contributed by atoms with E-state index in [1.54, 1.807) is 0 Å². The number of imidazole rings is 1. The van der Waals surface area contributed by atoms with Gasteiger partial charge < -0.3 is 4.57 Å². The van der Waals surface area contributed by atoms with Crippen LogP contribution in [0.25, 0.3) is 39.1 Å². The highest BCUT2D eigenvalue weighted by Crippen LogP contribution is 2.36. The van der Waals surface area contributed by atoms with E-state index < -0.39 is 0 Å². The summed E-state index contributed by atoms with van der Waals surface area (Å²) >= 11 is 6.23. The molecule has 0 aliphatic heterocycles. The molecule has 0 amide bonds. The van der Waals surface area contributed by atoms with Gasteiger partial charge in [-0.15, -0.1) is 10.2 Å². The number of halogens is 1. The van der Waals surface area contributed by atoms with Gasteiger partial charge in [0.2, 0.25) is 0 Å². The summed E-state index contributed by atoms with van der Waals surface area (Å²) in [4.78, 5) is 4.33. The second-order valence-corrected chi connectivity index (χ2v) is 9.68. The second kappa shape index (κ2) is 9.29. The largest absolute Gasteiger partial charge is 0.326 e. The first-order chi connectivity index (χ1) is 18.8. The highest BCUT2D eigenvalue weighted by molar-refractivity contribution is 6.30. The number of aromatic nitrogens is 5. The summed E-state index contributed by atoms with van der Waals surface area (Å²) in [6.45, 7) is 0. The topological polar surface area (TPSA) is 48.0 Å². The van der Waals surface area contributed by atoms with Crippen molar-refractivity contribution in [1.29, 1.82) is 0 Å². The first kappa shape index (κ1) is 22.5. The summed E-state index contributed by atoms with van der Waals surface area (Å²) < 4.78 is 4.27. The van der Waals surface area contributed by atoms with Crippen LogP contribution in [0, 0.1) is 0 Å². The molecule has 4 aromatic carbocycles. The Labute approximate surface area is 224 Å². The van der Waals surface area contributed by atoms with Crippen molar-refractivity contribution in [3.05, 3.63) is 144 Å². The monoisotopic (exact) mass is 511 g/mol. The Morgan fingerprint density at radius 2 is 1.39 bits per heavy atom. The lowest BCUT2D eigenvalue weighted by Crippen LogP contribution is -2.11. The first-order valence-electron chi connectivity index (χ1n) is 12.4. The minimum Gasteiger partial charge on any atom is -0.326 e. The van der Waals surface area contributed by atoms with E-state index >= 15 is 0 Å². The molecule has 3 aromatic heterocycles. The number of rotatable bonds is 5. The zero-order valence-electron chi connectivity index (χ0n) is 20.3. The second-order valence-electron chi connectivity index (χ2n) is 9.25. The van der Waals surface area contributed by atoms with Crippen molar-refractivity contribution in [2.75, 3.05) is 0 Å². The minimum absolute atomic E-state index is 0.0620. The molecule has 182 valence electrons. The standard InChI is InChI=1S/C32H22ClN5/c33-26-14-11-23(12-15-26)31(37-18-17-34-21-37)25-13-16-29-28(19-25)27(22-7-3-1-4-8-22)20-30-35-36-32(38(29)30)24-9-5-2-6-10-24/h1-21,31H. The lowest BCUT2D eigenvalue weighted by Gasteiger charge is -2.21. The molecular weight excluding hydrogens is 490 g/mol. The van der Waals surface area contributed by atoms with E-state index in [2.05, 4.69) is 96.9 Å². The van der Waals surface area contributed by atoms with Crippen molar-refractivity contribution >= 4 is 28.2 Å². The van der Waals surface area contributed by atoms with Crippen LogP contribution in [0.4, 0.5) is 0 Å². The molecule has 7 rings (SSSR count). The van der Waals surface area contributed by atoms with Crippen molar-refractivity contribution in [2.24, 2.45) is 0 Å². The maximum Gasteiger partial charge on any atom is 0.168 e. The van der Waals surface area contributed by atoms with E-state index in [9.17, 15) is 0 Å². The first-order valence-corrected chi connectivity index (χ1v) is 12.8. The zero-order chi connectivity index (χ0) is 25.5. The average molecular weight is 512 g/mol. The van der Waals surface area contributed by atoms with Gasteiger partial charge >= 0.3 is 0 Å². The van der Waals surface area contributed by atoms with Crippen LogP contribution in [0.3, 0.4) is 0 Å². The third kappa shape index (κ3) is 3.85. The third-order valence-corrected chi connectivity index (χ3v) is 7.21. The fraction of sp³-hybridized carbons (Fsp3) is 0.0312. The number of nitrogens with zero attached hydrogens (tertiary/aromatic N) is 5. The summed E-state index contributed by atoms with van der Waals surface area (Å²) in [6, 6.07) is 37.4. The van der Waals surface area contributed by atoms with Crippen LogP contribution < -0.4 is 0 Å². The van der Waals surface area contributed by atoms with Crippen LogP contribution >= 0.6 is 11.6 Å². The van der Waals surface area contributed by atoms with Crippen molar-refractivity contribution in [3.8, 4) is 22.5 Å². The van der Waals surface area contributed by atoms with E-state index in [-0.39, 0.29) is 6.04 Å². The van der Waals surface area contributed by atoms with Gasteiger partial charge in [0.05, 0.1) is 17.9 Å². The Morgan fingerprint density at radius 1 is 0.684 bits per heavy atom. The molecule has 5 nitrogen and oxygen atoms in total. The molecule has 0 aliphatic rings. The van der Waals surface area contributed by atoms with Gasteiger partial charge in [-0.2, -0.15) is 0 Å². The normalized spacial score (nSPS) is 12.2. The van der Waals surface area contributed by atoms with E-state index in [0.717, 1.165) is 50.2 Å². The summed E-state index contributed by atoms with van der Waals surface area (Å²) in [7, 11) is 0. The van der Waals surface area contributed by atoms with Gasteiger partial charge in [-0.3, -0.25) is 4.40 Å². The predicted octanol–water partition coefficient (Wildman–Crippen LogP) is 7.70. The smallest absolute Gasteiger partial charge is 0.168 e.